The molecule has 3 aromatic carbocycles. The van der Waals surface area contributed by atoms with E-state index in [0.29, 0.717) is 16.1 Å². The third-order valence-electron chi connectivity index (χ3n) is 6.05. The van der Waals surface area contributed by atoms with Crippen molar-refractivity contribution in [2.75, 3.05) is 16.0 Å². The lowest BCUT2D eigenvalue weighted by molar-refractivity contribution is -0.117. The first kappa shape index (κ1) is 29.4. The molecule has 1 saturated carbocycles. The maximum atomic E-state index is 14.8. The summed E-state index contributed by atoms with van der Waals surface area (Å²) < 4.78 is 27.7. The van der Waals surface area contributed by atoms with Gasteiger partial charge in [-0.25, -0.2) is 8.78 Å². The molecule has 0 aromatic heterocycles. The monoisotopic (exact) mass is 633 g/mol. The number of aryl methyl sites for hydroxylation is 1. The van der Waals surface area contributed by atoms with Gasteiger partial charge in [-0.05, 0) is 54.4 Å². The molecule has 3 aromatic rings. The van der Waals surface area contributed by atoms with E-state index >= 15 is 0 Å². The summed E-state index contributed by atoms with van der Waals surface area (Å²) in [5.41, 5.74) is -0.0979. The highest BCUT2D eigenvalue weighted by molar-refractivity contribution is 6.53. The Hall–Kier alpha value is -2.62. The standard InChI is InChI=1S/C26H18Cl5F2N3O3/c1-10-7-13(35-25(39)20-19(26(20,30)31)12-3-4-15(27)16(28)8-12)9-14(21(10)29)24(38)36-23-17(32)5-6-18(22(23)33)34-11(2)37/h3-9,19-20H,1-2H3,(H,34,37)(H,35,39)(H,36,38)/t19-,20+/m0/s1. The van der Waals surface area contributed by atoms with Gasteiger partial charge < -0.3 is 16.0 Å². The molecule has 2 atom stereocenters. The topological polar surface area (TPSA) is 87.3 Å². The summed E-state index contributed by atoms with van der Waals surface area (Å²) in [6.07, 6.45) is 0. The maximum Gasteiger partial charge on any atom is 0.257 e. The first-order chi connectivity index (χ1) is 18.2. The molecule has 0 bridgehead atoms. The second-order valence-electron chi connectivity index (χ2n) is 8.87. The fourth-order valence-corrected chi connectivity index (χ4v) is 5.46. The van der Waals surface area contributed by atoms with Crippen LogP contribution in [0.5, 0.6) is 0 Å². The summed E-state index contributed by atoms with van der Waals surface area (Å²) >= 11 is 31.2. The number of halogens is 7. The van der Waals surface area contributed by atoms with Gasteiger partial charge in [-0.2, -0.15) is 0 Å². The lowest BCUT2D eigenvalue weighted by Crippen LogP contribution is -2.19. The van der Waals surface area contributed by atoms with E-state index < -0.39 is 51.2 Å². The van der Waals surface area contributed by atoms with Gasteiger partial charge in [0.2, 0.25) is 11.8 Å². The zero-order valence-corrected chi connectivity index (χ0v) is 23.8. The smallest absolute Gasteiger partial charge is 0.257 e. The van der Waals surface area contributed by atoms with E-state index in [9.17, 15) is 23.2 Å². The van der Waals surface area contributed by atoms with E-state index in [4.69, 9.17) is 58.0 Å². The van der Waals surface area contributed by atoms with Crippen molar-refractivity contribution in [2.45, 2.75) is 24.1 Å². The Balaban J connectivity index is 1.57. The summed E-state index contributed by atoms with van der Waals surface area (Å²) in [5, 5.41) is 7.62. The average molecular weight is 636 g/mol. The molecule has 1 aliphatic rings. The largest absolute Gasteiger partial charge is 0.326 e. The van der Waals surface area contributed by atoms with Crippen molar-refractivity contribution >= 4 is 92.8 Å². The highest BCUT2D eigenvalue weighted by atomic mass is 35.5. The van der Waals surface area contributed by atoms with Gasteiger partial charge in [-0.1, -0.05) is 40.9 Å². The molecule has 39 heavy (non-hydrogen) atoms. The van der Waals surface area contributed by atoms with Crippen LogP contribution in [-0.2, 0) is 9.59 Å². The van der Waals surface area contributed by atoms with Crippen molar-refractivity contribution in [2.24, 2.45) is 5.92 Å². The highest BCUT2D eigenvalue weighted by Gasteiger charge is 2.67. The van der Waals surface area contributed by atoms with Crippen LogP contribution in [0.1, 0.15) is 34.3 Å². The molecule has 13 heteroatoms. The number of hydrogen-bond acceptors (Lipinski definition) is 3. The van der Waals surface area contributed by atoms with Gasteiger partial charge in [-0.3, -0.25) is 14.4 Å². The highest BCUT2D eigenvalue weighted by Crippen LogP contribution is 2.65. The van der Waals surface area contributed by atoms with Gasteiger partial charge >= 0.3 is 0 Å². The zero-order chi connectivity index (χ0) is 28.8. The average Bonchev–Trinajstić information content (AvgIpc) is 3.44. The lowest BCUT2D eigenvalue weighted by atomic mass is 10.1. The van der Waals surface area contributed by atoms with Crippen molar-refractivity contribution < 1.29 is 23.2 Å². The van der Waals surface area contributed by atoms with Gasteiger partial charge in [0.05, 0.1) is 32.2 Å². The van der Waals surface area contributed by atoms with Gasteiger partial charge in [0.1, 0.15) is 15.8 Å². The molecule has 1 fully saturated rings. The predicted octanol–water partition coefficient (Wildman–Crippen LogP) is 7.97. The minimum Gasteiger partial charge on any atom is -0.326 e. The number of amides is 3. The summed E-state index contributed by atoms with van der Waals surface area (Å²) in [7, 11) is 0. The van der Waals surface area contributed by atoms with E-state index in [1.807, 2.05) is 0 Å². The van der Waals surface area contributed by atoms with Gasteiger partial charge in [-0.15, -0.1) is 23.2 Å². The quantitative estimate of drug-likeness (QED) is 0.240. The van der Waals surface area contributed by atoms with Crippen LogP contribution >= 0.6 is 58.0 Å². The fraction of sp³-hybridized carbons (Fsp3) is 0.192. The Labute approximate surface area is 246 Å². The predicted molar refractivity (Wildman–Crippen MR) is 151 cm³/mol. The van der Waals surface area contributed by atoms with Crippen molar-refractivity contribution in [3.8, 4) is 0 Å². The van der Waals surface area contributed by atoms with E-state index in [1.165, 1.54) is 12.1 Å². The fourth-order valence-electron chi connectivity index (χ4n) is 4.13. The third-order valence-corrected chi connectivity index (χ3v) is 8.23. The number of benzene rings is 3. The minimum atomic E-state index is -1.42. The van der Waals surface area contributed by atoms with E-state index in [0.717, 1.165) is 19.1 Å². The van der Waals surface area contributed by atoms with E-state index in [2.05, 4.69) is 16.0 Å². The third kappa shape index (κ3) is 5.95. The molecule has 0 aliphatic heterocycles. The zero-order valence-electron chi connectivity index (χ0n) is 20.1. The second-order valence-corrected chi connectivity index (χ2v) is 11.5. The molecule has 1 aliphatic carbocycles. The van der Waals surface area contributed by atoms with Crippen molar-refractivity contribution in [1.29, 1.82) is 0 Å². The number of alkyl halides is 2. The van der Waals surface area contributed by atoms with Crippen LogP contribution in [0.2, 0.25) is 15.1 Å². The van der Waals surface area contributed by atoms with E-state index in [1.54, 1.807) is 25.1 Å². The van der Waals surface area contributed by atoms with Crippen LogP contribution in [0.3, 0.4) is 0 Å². The van der Waals surface area contributed by atoms with Crippen LogP contribution in [0.4, 0.5) is 25.8 Å². The molecule has 4 rings (SSSR count). The summed E-state index contributed by atoms with van der Waals surface area (Å²) in [4.78, 5) is 37.4. The summed E-state index contributed by atoms with van der Waals surface area (Å²) in [6.45, 7) is 2.73. The van der Waals surface area contributed by atoms with Gasteiger partial charge in [0.15, 0.2) is 5.82 Å². The molecule has 204 valence electrons. The Bertz CT molecular complexity index is 1530. The number of carbonyl (C=O) groups excluding carboxylic acids is 3. The van der Waals surface area contributed by atoms with Gasteiger partial charge in [0.25, 0.3) is 5.91 Å². The van der Waals surface area contributed by atoms with Crippen LogP contribution in [-0.4, -0.2) is 22.1 Å². The minimum absolute atomic E-state index is 0.00605. The Morgan fingerprint density at radius 2 is 1.59 bits per heavy atom. The molecular formula is C26H18Cl5F2N3O3. The lowest BCUT2D eigenvalue weighted by Gasteiger charge is -2.14. The Kier molecular flexibility index (Phi) is 8.36. The number of nitrogens with one attached hydrogen (secondary N) is 3. The number of anilines is 3. The van der Waals surface area contributed by atoms with Crippen LogP contribution in [0.25, 0.3) is 0 Å². The van der Waals surface area contributed by atoms with Crippen molar-refractivity contribution in [3.05, 3.63) is 85.9 Å². The number of carbonyl (C=O) groups is 3. The number of rotatable bonds is 6. The first-order valence-corrected chi connectivity index (χ1v) is 13.1. The first-order valence-electron chi connectivity index (χ1n) is 11.2. The molecular weight excluding hydrogens is 618 g/mol. The van der Waals surface area contributed by atoms with Crippen molar-refractivity contribution in [1.82, 2.24) is 0 Å². The van der Waals surface area contributed by atoms with Crippen molar-refractivity contribution in [3.63, 3.8) is 0 Å². The maximum absolute atomic E-state index is 14.8. The molecule has 0 saturated heterocycles. The molecule has 0 heterocycles. The molecule has 0 radical (unpaired) electrons. The SMILES string of the molecule is CC(=O)Nc1ccc(F)c(NC(=O)c2cc(NC(=O)[C@H]3[C@H](c4ccc(Cl)c(Cl)c4)C3(Cl)Cl)cc(C)c2Cl)c1F. The van der Waals surface area contributed by atoms with Crippen LogP contribution < -0.4 is 16.0 Å². The summed E-state index contributed by atoms with van der Waals surface area (Å²) in [6, 6.07) is 9.48. The van der Waals surface area contributed by atoms with Crippen LogP contribution in [0, 0.1) is 24.5 Å². The van der Waals surface area contributed by atoms with E-state index in [-0.39, 0.29) is 27.0 Å². The number of hydrogen-bond donors (Lipinski definition) is 3. The van der Waals surface area contributed by atoms with Crippen LogP contribution in [0.15, 0.2) is 42.5 Å². The molecule has 0 unspecified atom stereocenters. The molecule has 0 spiro atoms. The van der Waals surface area contributed by atoms with Gasteiger partial charge in [0, 0.05) is 18.5 Å². The second kappa shape index (κ2) is 11.1. The Morgan fingerprint density at radius 3 is 2.23 bits per heavy atom. The molecule has 3 N–H and O–H groups in total. The normalized spacial score (nSPS) is 17.4. The molecule has 3 amide bonds. The Morgan fingerprint density at radius 1 is 0.897 bits per heavy atom. The molecule has 6 nitrogen and oxygen atoms in total. The summed E-state index contributed by atoms with van der Waals surface area (Å²) in [5.74, 6) is -5.77.